The maximum Gasteiger partial charge on any atom is 0.251 e. The third kappa shape index (κ3) is 4.75. The van der Waals surface area contributed by atoms with Crippen molar-refractivity contribution in [3.63, 3.8) is 0 Å². The summed E-state index contributed by atoms with van der Waals surface area (Å²) in [5.74, 6) is -0.0510. The van der Waals surface area contributed by atoms with Crippen molar-refractivity contribution < 1.29 is 9.53 Å². The summed E-state index contributed by atoms with van der Waals surface area (Å²) in [7, 11) is 0. The number of aromatic nitrogens is 1. The fraction of sp³-hybridized carbons (Fsp3) is 0.292. The smallest absolute Gasteiger partial charge is 0.251 e. The third-order valence-electron chi connectivity index (χ3n) is 5.38. The van der Waals surface area contributed by atoms with E-state index in [1.54, 1.807) is 0 Å². The van der Waals surface area contributed by atoms with E-state index in [0.717, 1.165) is 32.0 Å². The van der Waals surface area contributed by atoms with E-state index >= 15 is 0 Å². The van der Waals surface area contributed by atoms with E-state index < -0.39 is 0 Å². The van der Waals surface area contributed by atoms with E-state index in [4.69, 9.17) is 4.74 Å². The number of morpholine rings is 1. The van der Waals surface area contributed by atoms with E-state index in [9.17, 15) is 4.79 Å². The van der Waals surface area contributed by atoms with Crippen LogP contribution in [0.2, 0.25) is 0 Å². The fourth-order valence-corrected chi connectivity index (χ4v) is 3.83. The van der Waals surface area contributed by atoms with Gasteiger partial charge in [0.05, 0.1) is 19.3 Å². The van der Waals surface area contributed by atoms with Crippen molar-refractivity contribution in [2.75, 3.05) is 32.8 Å². The molecule has 29 heavy (non-hydrogen) atoms. The largest absolute Gasteiger partial charge is 0.379 e. The molecular formula is C24H27N3O2. The number of amides is 1. The predicted octanol–water partition coefficient (Wildman–Crippen LogP) is 3.59. The minimum Gasteiger partial charge on any atom is -0.379 e. The maximum absolute atomic E-state index is 12.9. The predicted molar refractivity (Wildman–Crippen MR) is 114 cm³/mol. The number of nitrogens with zero attached hydrogens (tertiary/aromatic N) is 2. The Bertz CT molecular complexity index is 946. The van der Waals surface area contributed by atoms with Gasteiger partial charge in [0.15, 0.2) is 0 Å². The molecule has 0 bridgehead atoms. The molecule has 1 unspecified atom stereocenters. The number of carbonyl (C=O) groups excluding carboxylic acids is 1. The number of nitrogens with one attached hydrogen (secondary N) is 1. The number of ether oxygens (including phenoxy) is 1. The molecule has 2 aromatic carbocycles. The molecule has 1 N–H and O–H groups in total. The highest BCUT2D eigenvalue weighted by molar-refractivity contribution is 5.94. The molecule has 0 aliphatic carbocycles. The van der Waals surface area contributed by atoms with Crippen molar-refractivity contribution in [3.8, 4) is 5.69 Å². The lowest BCUT2D eigenvalue weighted by molar-refractivity contribution is 0.0162. The van der Waals surface area contributed by atoms with Gasteiger partial charge in [0, 0.05) is 43.3 Å². The van der Waals surface area contributed by atoms with Crippen molar-refractivity contribution in [1.82, 2.24) is 14.8 Å². The molecule has 1 aromatic heterocycles. The molecule has 1 fully saturated rings. The zero-order valence-corrected chi connectivity index (χ0v) is 16.8. The van der Waals surface area contributed by atoms with Gasteiger partial charge < -0.3 is 14.6 Å². The van der Waals surface area contributed by atoms with Crippen LogP contribution in [0.3, 0.4) is 0 Å². The van der Waals surface area contributed by atoms with Crippen LogP contribution < -0.4 is 5.32 Å². The summed E-state index contributed by atoms with van der Waals surface area (Å²) in [5, 5.41) is 3.16. The van der Waals surface area contributed by atoms with Gasteiger partial charge in [-0.05, 0) is 42.8 Å². The van der Waals surface area contributed by atoms with E-state index in [2.05, 4.69) is 41.4 Å². The molecule has 5 heteroatoms. The summed E-state index contributed by atoms with van der Waals surface area (Å²) >= 11 is 0. The van der Waals surface area contributed by atoms with Gasteiger partial charge in [-0.15, -0.1) is 0 Å². The SMILES string of the molecule is Cc1cccc(C(CNC(=O)c2cccc(-n3cccc3)c2)N2CCOCC2)c1. The van der Waals surface area contributed by atoms with Gasteiger partial charge in [-0.25, -0.2) is 0 Å². The molecule has 5 nitrogen and oxygen atoms in total. The van der Waals surface area contributed by atoms with E-state index in [0.29, 0.717) is 12.1 Å². The first kappa shape index (κ1) is 19.4. The molecule has 1 saturated heterocycles. The summed E-state index contributed by atoms with van der Waals surface area (Å²) < 4.78 is 7.52. The van der Waals surface area contributed by atoms with Gasteiger partial charge in [-0.2, -0.15) is 0 Å². The van der Waals surface area contributed by atoms with Crippen molar-refractivity contribution in [3.05, 3.63) is 89.7 Å². The van der Waals surface area contributed by atoms with Gasteiger partial charge in [-0.1, -0.05) is 35.9 Å². The summed E-state index contributed by atoms with van der Waals surface area (Å²) in [4.78, 5) is 15.3. The highest BCUT2D eigenvalue weighted by Crippen LogP contribution is 2.22. The molecule has 2 heterocycles. The van der Waals surface area contributed by atoms with Crippen LogP contribution in [0.15, 0.2) is 73.1 Å². The highest BCUT2D eigenvalue weighted by Gasteiger charge is 2.23. The Morgan fingerprint density at radius 2 is 1.79 bits per heavy atom. The van der Waals surface area contributed by atoms with Gasteiger partial charge in [0.25, 0.3) is 5.91 Å². The number of hydrogen-bond donors (Lipinski definition) is 1. The first-order valence-electron chi connectivity index (χ1n) is 10.1. The van der Waals surface area contributed by atoms with Crippen LogP contribution in [0.5, 0.6) is 0 Å². The highest BCUT2D eigenvalue weighted by atomic mass is 16.5. The second-order valence-electron chi connectivity index (χ2n) is 7.43. The topological polar surface area (TPSA) is 46.5 Å². The van der Waals surface area contributed by atoms with Crippen molar-refractivity contribution >= 4 is 5.91 Å². The zero-order valence-electron chi connectivity index (χ0n) is 16.8. The van der Waals surface area contributed by atoms with Crippen molar-refractivity contribution in [2.45, 2.75) is 13.0 Å². The average Bonchev–Trinajstić information content (AvgIpc) is 3.30. The molecule has 0 radical (unpaired) electrons. The summed E-state index contributed by atoms with van der Waals surface area (Å²) in [6.45, 7) is 5.88. The van der Waals surface area contributed by atoms with Crippen LogP contribution in [0.1, 0.15) is 27.5 Å². The number of benzene rings is 2. The normalized spacial score (nSPS) is 15.8. The molecule has 1 aliphatic heterocycles. The molecule has 1 amide bonds. The lowest BCUT2D eigenvalue weighted by atomic mass is 10.0. The first-order valence-corrected chi connectivity index (χ1v) is 10.1. The molecule has 3 aromatic rings. The minimum absolute atomic E-state index is 0.0510. The van der Waals surface area contributed by atoms with Gasteiger partial charge >= 0.3 is 0 Å². The molecule has 0 spiro atoms. The average molecular weight is 389 g/mol. The number of aryl methyl sites for hydroxylation is 1. The van der Waals surface area contributed by atoms with Crippen LogP contribution in [0, 0.1) is 6.92 Å². The quantitative estimate of drug-likeness (QED) is 0.701. The Hall–Kier alpha value is -2.89. The van der Waals surface area contributed by atoms with Gasteiger partial charge in [0.2, 0.25) is 0 Å². The Kier molecular flexibility index (Phi) is 6.08. The van der Waals surface area contributed by atoms with Crippen molar-refractivity contribution in [1.29, 1.82) is 0 Å². The zero-order chi connectivity index (χ0) is 20.1. The molecular weight excluding hydrogens is 362 g/mol. The first-order chi connectivity index (χ1) is 14.2. The second kappa shape index (κ2) is 9.07. The van der Waals surface area contributed by atoms with Crippen LogP contribution in [0.25, 0.3) is 5.69 Å². The molecule has 1 aliphatic rings. The van der Waals surface area contributed by atoms with Crippen LogP contribution >= 0.6 is 0 Å². The van der Waals surface area contributed by atoms with E-state index in [1.165, 1.54) is 11.1 Å². The van der Waals surface area contributed by atoms with Crippen molar-refractivity contribution in [2.24, 2.45) is 0 Å². The molecule has 0 saturated carbocycles. The minimum atomic E-state index is -0.0510. The van der Waals surface area contributed by atoms with Crippen LogP contribution in [-0.2, 0) is 4.74 Å². The summed E-state index contributed by atoms with van der Waals surface area (Å²) in [6, 6.07) is 20.3. The number of hydrogen-bond acceptors (Lipinski definition) is 3. The Balaban J connectivity index is 1.49. The van der Waals surface area contributed by atoms with E-state index in [1.807, 2.05) is 53.4 Å². The molecule has 1 atom stereocenters. The Morgan fingerprint density at radius 1 is 1.03 bits per heavy atom. The summed E-state index contributed by atoms with van der Waals surface area (Å²) in [5.41, 5.74) is 4.10. The third-order valence-corrected chi connectivity index (χ3v) is 5.38. The molecule has 4 rings (SSSR count). The molecule has 150 valence electrons. The monoisotopic (exact) mass is 389 g/mol. The standard InChI is InChI=1S/C24H27N3O2/c1-19-6-4-7-20(16-19)23(27-12-14-29-15-13-27)18-25-24(28)21-8-5-9-22(17-21)26-10-2-3-11-26/h2-11,16-17,23H,12-15,18H2,1H3,(H,25,28). The number of carbonyl (C=O) groups is 1. The second-order valence-corrected chi connectivity index (χ2v) is 7.43. The Labute approximate surface area is 171 Å². The van der Waals surface area contributed by atoms with Crippen LogP contribution in [0.4, 0.5) is 0 Å². The maximum atomic E-state index is 12.9. The lowest BCUT2D eigenvalue weighted by Gasteiger charge is -2.35. The Morgan fingerprint density at radius 3 is 2.55 bits per heavy atom. The van der Waals surface area contributed by atoms with Gasteiger partial charge in [0.1, 0.15) is 0 Å². The summed E-state index contributed by atoms with van der Waals surface area (Å²) in [6.07, 6.45) is 3.95. The van der Waals surface area contributed by atoms with Crippen LogP contribution in [-0.4, -0.2) is 48.2 Å². The fourth-order valence-electron chi connectivity index (χ4n) is 3.83. The lowest BCUT2D eigenvalue weighted by Crippen LogP contribution is -2.43. The van der Waals surface area contributed by atoms with E-state index in [-0.39, 0.29) is 11.9 Å². The number of rotatable bonds is 6. The van der Waals surface area contributed by atoms with Gasteiger partial charge in [-0.3, -0.25) is 9.69 Å².